The Bertz CT molecular complexity index is 1160. The number of esters is 1. The van der Waals surface area contributed by atoms with Crippen LogP contribution in [0.1, 0.15) is 28.6 Å². The molecule has 3 aromatic rings. The van der Waals surface area contributed by atoms with Gasteiger partial charge in [-0.3, -0.25) is 4.57 Å². The van der Waals surface area contributed by atoms with E-state index in [0.717, 1.165) is 0 Å². The average molecular weight is 415 g/mol. The minimum Gasteiger partial charge on any atom is -0.465 e. The summed E-state index contributed by atoms with van der Waals surface area (Å²) in [6.07, 6.45) is -1.01. The summed E-state index contributed by atoms with van der Waals surface area (Å²) in [6, 6.07) is 6.70. The van der Waals surface area contributed by atoms with Gasteiger partial charge < -0.3 is 25.4 Å². The Morgan fingerprint density at radius 2 is 2.23 bits per heavy atom. The fourth-order valence-corrected chi connectivity index (χ4v) is 3.63. The third-order valence-corrected chi connectivity index (χ3v) is 5.04. The molecule has 0 unspecified atom stereocenters. The van der Waals surface area contributed by atoms with Gasteiger partial charge in [0.15, 0.2) is 11.9 Å². The van der Waals surface area contributed by atoms with Crippen molar-refractivity contribution in [1.29, 1.82) is 0 Å². The molecule has 0 spiro atoms. The molecule has 30 heavy (non-hydrogen) atoms. The van der Waals surface area contributed by atoms with Crippen LogP contribution in [0.4, 0.5) is 5.95 Å². The number of carbonyl (C=O) groups is 1. The van der Waals surface area contributed by atoms with Gasteiger partial charge in [-0.25, -0.2) is 19.1 Å². The molecular formula is C19H21N5O6. The van der Waals surface area contributed by atoms with E-state index in [2.05, 4.69) is 9.97 Å². The van der Waals surface area contributed by atoms with Crippen LogP contribution in [0, 0.1) is 0 Å². The number of hydrogen-bond donors (Lipinski definition) is 3. The highest BCUT2D eigenvalue weighted by molar-refractivity contribution is 5.89. The van der Waals surface area contributed by atoms with Crippen molar-refractivity contribution in [3.05, 3.63) is 52.1 Å². The zero-order valence-electron chi connectivity index (χ0n) is 16.1. The fraction of sp³-hybridized carbons (Fsp3) is 0.368. The number of methoxy groups -OCH3 is 1. The van der Waals surface area contributed by atoms with E-state index in [-0.39, 0.29) is 31.2 Å². The predicted molar refractivity (Wildman–Crippen MR) is 105 cm³/mol. The number of ether oxygens (including phenoxy) is 2. The number of nitrogens with zero attached hydrogens (tertiary/aromatic N) is 4. The number of aliphatic hydroxyl groups is 2. The molecule has 4 rings (SSSR count). The van der Waals surface area contributed by atoms with E-state index in [9.17, 15) is 19.8 Å². The Labute approximate surface area is 170 Å². The first-order chi connectivity index (χ1) is 14.4. The standard InChI is InChI=1S/C19H21N5O6/c1-29-17(27)11-4-2-3-10(5-11)8-23-13-7-21-18(20)22-15(13)24(19(23)28)16-14(26)6-12(9-25)30-16/h2-5,7,12,14,16,25-26H,6,8-9H2,1H3,(H2,20,21,22)/t12-,14+,16+/m0/s1. The van der Waals surface area contributed by atoms with Crippen molar-refractivity contribution >= 4 is 23.1 Å². The highest BCUT2D eigenvalue weighted by Crippen LogP contribution is 2.30. The zero-order valence-corrected chi connectivity index (χ0v) is 16.1. The molecule has 158 valence electrons. The normalized spacial score (nSPS) is 21.2. The van der Waals surface area contributed by atoms with Gasteiger partial charge in [-0.1, -0.05) is 12.1 Å². The summed E-state index contributed by atoms with van der Waals surface area (Å²) in [7, 11) is 1.29. The summed E-state index contributed by atoms with van der Waals surface area (Å²) in [5.74, 6) is -0.521. The lowest BCUT2D eigenvalue weighted by molar-refractivity contribution is -0.0505. The Morgan fingerprint density at radius 3 is 2.93 bits per heavy atom. The molecule has 1 aromatic carbocycles. The molecule has 1 fully saturated rings. The molecule has 0 aliphatic carbocycles. The predicted octanol–water partition coefficient (Wildman–Crippen LogP) is -0.349. The third-order valence-electron chi connectivity index (χ3n) is 5.04. The third kappa shape index (κ3) is 3.43. The molecular weight excluding hydrogens is 394 g/mol. The molecule has 0 amide bonds. The molecule has 3 heterocycles. The zero-order chi connectivity index (χ0) is 21.4. The van der Waals surface area contributed by atoms with Gasteiger partial charge in [-0.15, -0.1) is 0 Å². The van der Waals surface area contributed by atoms with E-state index in [4.69, 9.17) is 15.2 Å². The summed E-state index contributed by atoms with van der Waals surface area (Å²) in [4.78, 5) is 33.2. The smallest absolute Gasteiger partial charge is 0.337 e. The van der Waals surface area contributed by atoms with Gasteiger partial charge in [0, 0.05) is 6.42 Å². The summed E-state index contributed by atoms with van der Waals surface area (Å²) in [5, 5.41) is 19.7. The number of nitrogen functional groups attached to an aromatic ring is 1. The monoisotopic (exact) mass is 415 g/mol. The maximum atomic E-state index is 13.3. The highest BCUT2D eigenvalue weighted by atomic mass is 16.5. The molecule has 1 aliphatic heterocycles. The van der Waals surface area contributed by atoms with Crippen LogP contribution in [0.15, 0.2) is 35.3 Å². The molecule has 0 saturated carbocycles. The van der Waals surface area contributed by atoms with Crippen molar-refractivity contribution in [2.45, 2.75) is 31.4 Å². The number of benzene rings is 1. The second kappa shape index (κ2) is 7.86. The number of rotatable bonds is 5. The molecule has 2 aromatic heterocycles. The average Bonchev–Trinajstić information content (AvgIpc) is 3.24. The van der Waals surface area contributed by atoms with E-state index < -0.39 is 30.1 Å². The SMILES string of the molecule is COC(=O)c1cccc(Cn2c(=O)n([C@@H]3O[C@H](CO)C[C@H]3O)c3nc(N)ncc32)c1. The molecule has 0 radical (unpaired) electrons. The van der Waals surface area contributed by atoms with Gasteiger partial charge >= 0.3 is 11.7 Å². The molecule has 4 N–H and O–H groups in total. The summed E-state index contributed by atoms with van der Waals surface area (Å²) < 4.78 is 13.0. The molecule has 11 heteroatoms. The van der Waals surface area contributed by atoms with Crippen molar-refractivity contribution in [3.8, 4) is 0 Å². The Hall–Kier alpha value is -3.28. The largest absolute Gasteiger partial charge is 0.465 e. The van der Waals surface area contributed by atoms with Crippen LogP contribution in [-0.2, 0) is 16.0 Å². The second-order valence-corrected chi connectivity index (χ2v) is 7.00. The van der Waals surface area contributed by atoms with Gasteiger partial charge in [0.1, 0.15) is 11.6 Å². The molecule has 1 aliphatic rings. The first-order valence-electron chi connectivity index (χ1n) is 9.27. The van der Waals surface area contributed by atoms with E-state index >= 15 is 0 Å². The van der Waals surface area contributed by atoms with Gasteiger partial charge in [0.25, 0.3) is 0 Å². The number of imidazole rings is 1. The minimum atomic E-state index is -1.02. The number of nitrogens with two attached hydrogens (primary N) is 1. The maximum absolute atomic E-state index is 13.3. The second-order valence-electron chi connectivity index (χ2n) is 7.00. The van der Waals surface area contributed by atoms with Crippen LogP contribution in [0.25, 0.3) is 11.2 Å². The Kier molecular flexibility index (Phi) is 5.24. The van der Waals surface area contributed by atoms with Gasteiger partial charge in [-0.05, 0) is 17.7 Å². The number of hydrogen-bond acceptors (Lipinski definition) is 9. The lowest BCUT2D eigenvalue weighted by atomic mass is 10.1. The lowest BCUT2D eigenvalue weighted by Gasteiger charge is -2.15. The highest BCUT2D eigenvalue weighted by Gasteiger charge is 2.37. The number of aromatic nitrogens is 4. The van der Waals surface area contributed by atoms with Crippen molar-refractivity contribution in [1.82, 2.24) is 19.1 Å². The number of anilines is 1. The van der Waals surface area contributed by atoms with Crippen molar-refractivity contribution in [3.63, 3.8) is 0 Å². The molecule has 3 atom stereocenters. The van der Waals surface area contributed by atoms with Crippen molar-refractivity contribution in [2.75, 3.05) is 19.5 Å². The van der Waals surface area contributed by atoms with Gasteiger partial charge in [-0.2, -0.15) is 4.98 Å². The van der Waals surface area contributed by atoms with Crippen LogP contribution in [0.3, 0.4) is 0 Å². The maximum Gasteiger partial charge on any atom is 0.337 e. The van der Waals surface area contributed by atoms with Crippen LogP contribution < -0.4 is 11.4 Å². The van der Waals surface area contributed by atoms with Crippen LogP contribution >= 0.6 is 0 Å². The van der Waals surface area contributed by atoms with Crippen molar-refractivity contribution in [2.24, 2.45) is 0 Å². The summed E-state index contributed by atoms with van der Waals surface area (Å²) >= 11 is 0. The number of aliphatic hydroxyl groups excluding tert-OH is 2. The number of carbonyl (C=O) groups excluding carboxylic acids is 1. The van der Waals surface area contributed by atoms with E-state index in [1.807, 2.05) is 0 Å². The van der Waals surface area contributed by atoms with Crippen LogP contribution in [0.5, 0.6) is 0 Å². The van der Waals surface area contributed by atoms with E-state index in [0.29, 0.717) is 16.6 Å². The van der Waals surface area contributed by atoms with Crippen molar-refractivity contribution < 1.29 is 24.5 Å². The Morgan fingerprint density at radius 1 is 1.43 bits per heavy atom. The molecule has 1 saturated heterocycles. The van der Waals surface area contributed by atoms with Gasteiger partial charge in [0.2, 0.25) is 5.95 Å². The van der Waals surface area contributed by atoms with Crippen LogP contribution in [-0.4, -0.2) is 61.2 Å². The minimum absolute atomic E-state index is 0.0349. The van der Waals surface area contributed by atoms with Crippen LogP contribution in [0.2, 0.25) is 0 Å². The molecule has 11 nitrogen and oxygen atoms in total. The van der Waals surface area contributed by atoms with E-state index in [1.54, 1.807) is 24.3 Å². The fourth-order valence-electron chi connectivity index (χ4n) is 3.63. The summed E-state index contributed by atoms with van der Waals surface area (Å²) in [5.41, 5.74) is 6.86. The Balaban J connectivity index is 1.81. The number of fused-ring (bicyclic) bond motifs is 1. The topological polar surface area (TPSA) is 155 Å². The molecule has 0 bridgehead atoms. The summed E-state index contributed by atoms with van der Waals surface area (Å²) in [6.45, 7) is -0.162. The first kappa shape index (κ1) is 20.0. The quantitative estimate of drug-likeness (QED) is 0.474. The van der Waals surface area contributed by atoms with E-state index in [1.165, 1.54) is 22.4 Å². The van der Waals surface area contributed by atoms with Gasteiger partial charge in [0.05, 0.1) is 38.1 Å². The first-order valence-corrected chi connectivity index (χ1v) is 9.27. The lowest BCUT2D eigenvalue weighted by Crippen LogP contribution is -2.32.